The molecule has 0 radical (unpaired) electrons. The van der Waals surface area contributed by atoms with Crippen molar-refractivity contribution in [3.63, 3.8) is 0 Å². The van der Waals surface area contributed by atoms with Crippen molar-refractivity contribution in [2.75, 3.05) is 5.32 Å². The van der Waals surface area contributed by atoms with Crippen LogP contribution in [0, 0.1) is 0 Å². The number of pyridine rings is 2. The summed E-state index contributed by atoms with van der Waals surface area (Å²) >= 11 is 0. The summed E-state index contributed by atoms with van der Waals surface area (Å²) in [6, 6.07) is 27.2. The quantitative estimate of drug-likeness (QED) is 0.391. The molecule has 0 fully saturated rings. The average molecular weight is 429 g/mol. The van der Waals surface area contributed by atoms with E-state index in [0.29, 0.717) is 5.56 Å². The molecule has 5 aromatic rings. The molecule has 158 valence electrons. The number of fused-ring (bicyclic) bond motifs is 3. The number of benzene rings is 3. The van der Waals surface area contributed by atoms with Crippen molar-refractivity contribution in [3.8, 4) is 0 Å². The molecule has 0 saturated heterocycles. The molecule has 2 aromatic heterocycles. The molecule has 6 nitrogen and oxygen atoms in total. The van der Waals surface area contributed by atoms with Crippen molar-refractivity contribution in [3.05, 3.63) is 114 Å². The Balaban J connectivity index is 1.50. The molecule has 0 bridgehead atoms. The highest BCUT2D eigenvalue weighted by Crippen LogP contribution is 2.35. The van der Waals surface area contributed by atoms with E-state index in [1.54, 1.807) is 18.6 Å². The Bertz CT molecular complexity index is 1530. The number of rotatable bonds is 3. The zero-order chi connectivity index (χ0) is 22.2. The third-order valence-corrected chi connectivity index (χ3v) is 5.85. The van der Waals surface area contributed by atoms with Crippen LogP contribution in [-0.4, -0.2) is 27.1 Å². The van der Waals surface area contributed by atoms with Crippen LogP contribution in [0.15, 0.2) is 102 Å². The Kier molecular flexibility index (Phi) is 4.54. The molecule has 33 heavy (non-hydrogen) atoms. The van der Waals surface area contributed by atoms with Crippen molar-refractivity contribution >= 4 is 39.6 Å². The van der Waals surface area contributed by atoms with Gasteiger partial charge in [0.05, 0.1) is 22.8 Å². The van der Waals surface area contributed by atoms with E-state index in [2.05, 4.69) is 20.4 Å². The molecular weight excluding hydrogens is 410 g/mol. The highest BCUT2D eigenvalue weighted by atomic mass is 16.2. The van der Waals surface area contributed by atoms with Crippen molar-refractivity contribution < 1.29 is 4.79 Å². The molecule has 1 atom stereocenters. The predicted molar refractivity (Wildman–Crippen MR) is 130 cm³/mol. The zero-order valence-corrected chi connectivity index (χ0v) is 17.6. The van der Waals surface area contributed by atoms with E-state index in [1.165, 1.54) is 5.01 Å². The third kappa shape index (κ3) is 3.29. The molecule has 1 aliphatic heterocycles. The number of hydrazone groups is 1. The summed E-state index contributed by atoms with van der Waals surface area (Å²) in [5, 5.41) is 11.7. The van der Waals surface area contributed by atoms with E-state index >= 15 is 0 Å². The first-order valence-electron chi connectivity index (χ1n) is 10.7. The molecule has 1 aliphatic rings. The van der Waals surface area contributed by atoms with Gasteiger partial charge in [-0.2, -0.15) is 5.10 Å². The highest BCUT2D eigenvalue weighted by Gasteiger charge is 2.34. The molecule has 3 aromatic carbocycles. The fourth-order valence-corrected chi connectivity index (χ4v) is 4.28. The van der Waals surface area contributed by atoms with E-state index in [-0.39, 0.29) is 5.91 Å². The Hall–Kier alpha value is -4.58. The summed E-state index contributed by atoms with van der Waals surface area (Å²) in [4.78, 5) is 22.6. The summed E-state index contributed by atoms with van der Waals surface area (Å²) in [5.74, 6) is -0.174. The molecule has 0 unspecified atom stereocenters. The van der Waals surface area contributed by atoms with Gasteiger partial charge in [0.15, 0.2) is 6.17 Å². The number of carbonyl (C=O) groups excluding carboxylic acids is 1. The second-order valence-electron chi connectivity index (χ2n) is 7.83. The van der Waals surface area contributed by atoms with Gasteiger partial charge in [-0.1, -0.05) is 60.7 Å². The lowest BCUT2D eigenvalue weighted by atomic mass is 10.0. The van der Waals surface area contributed by atoms with Crippen LogP contribution in [0.25, 0.3) is 21.8 Å². The van der Waals surface area contributed by atoms with Crippen LogP contribution in [0.4, 0.5) is 5.69 Å². The number of hydrogen-bond donors (Lipinski definition) is 1. The summed E-state index contributed by atoms with van der Waals surface area (Å²) < 4.78 is 0. The fraction of sp³-hybridized carbons (Fsp3) is 0.0370. The van der Waals surface area contributed by atoms with Gasteiger partial charge >= 0.3 is 0 Å². The number of hydrogen-bond acceptors (Lipinski definition) is 5. The maximum atomic E-state index is 13.6. The van der Waals surface area contributed by atoms with Crippen LogP contribution in [0.3, 0.4) is 0 Å². The monoisotopic (exact) mass is 429 g/mol. The van der Waals surface area contributed by atoms with Gasteiger partial charge in [0, 0.05) is 40.0 Å². The van der Waals surface area contributed by atoms with Crippen LogP contribution in [0.2, 0.25) is 0 Å². The molecule has 1 amide bonds. The highest BCUT2D eigenvalue weighted by molar-refractivity contribution is 6.03. The van der Waals surface area contributed by atoms with Crippen molar-refractivity contribution in [1.82, 2.24) is 15.0 Å². The minimum absolute atomic E-state index is 0.174. The first kappa shape index (κ1) is 19.1. The normalized spacial score (nSPS) is 15.7. The maximum Gasteiger partial charge on any atom is 0.278 e. The van der Waals surface area contributed by atoms with E-state index in [1.807, 2.05) is 84.9 Å². The van der Waals surface area contributed by atoms with Gasteiger partial charge in [0.2, 0.25) is 0 Å². The standard InChI is InChI=1S/C27H19N5O/c33-27-21-12-1-2-14-23(21)31-26(22-13-4-8-19-11-6-16-29-25(19)22)32(27)30-17-20-9-3-7-18-10-5-15-28-24(18)20/h1-17,26,31H/b30-17-/t26-/m0/s1. The average Bonchev–Trinajstić information content (AvgIpc) is 2.88. The third-order valence-electron chi connectivity index (χ3n) is 5.85. The zero-order valence-electron chi connectivity index (χ0n) is 17.6. The van der Waals surface area contributed by atoms with E-state index in [9.17, 15) is 4.79 Å². The molecule has 3 heterocycles. The second kappa shape index (κ2) is 7.84. The molecule has 6 heteroatoms. The maximum absolute atomic E-state index is 13.6. The van der Waals surface area contributed by atoms with E-state index < -0.39 is 6.17 Å². The molecule has 0 saturated carbocycles. The van der Waals surface area contributed by atoms with Crippen LogP contribution >= 0.6 is 0 Å². The molecule has 1 N–H and O–H groups in total. The van der Waals surface area contributed by atoms with Crippen molar-refractivity contribution in [1.29, 1.82) is 0 Å². The topological polar surface area (TPSA) is 70.5 Å². The van der Waals surface area contributed by atoms with Crippen LogP contribution in [0.5, 0.6) is 0 Å². The van der Waals surface area contributed by atoms with Gasteiger partial charge in [0.25, 0.3) is 5.91 Å². The lowest BCUT2D eigenvalue weighted by molar-refractivity contribution is 0.0692. The number of nitrogens with zero attached hydrogens (tertiary/aromatic N) is 4. The minimum atomic E-state index is -0.509. The number of para-hydroxylation sites is 3. The molecule has 6 rings (SSSR count). The van der Waals surface area contributed by atoms with E-state index in [0.717, 1.165) is 38.6 Å². The first-order valence-corrected chi connectivity index (χ1v) is 10.7. The molecule has 0 spiro atoms. The molecular formula is C27H19N5O. The minimum Gasteiger partial charge on any atom is -0.359 e. The van der Waals surface area contributed by atoms with Gasteiger partial charge in [-0.15, -0.1) is 0 Å². The smallest absolute Gasteiger partial charge is 0.278 e. The van der Waals surface area contributed by atoms with Gasteiger partial charge in [-0.25, -0.2) is 5.01 Å². The summed E-state index contributed by atoms with van der Waals surface area (Å²) in [6.45, 7) is 0. The SMILES string of the molecule is O=C1c2ccccc2N[C@H](c2cccc3cccnc23)N1/N=C\c1cccc2cccnc12. The Labute approximate surface area is 190 Å². The number of anilines is 1. The summed E-state index contributed by atoms with van der Waals surface area (Å²) in [5.41, 5.74) is 4.74. The summed E-state index contributed by atoms with van der Waals surface area (Å²) in [7, 11) is 0. The lowest BCUT2D eigenvalue weighted by Gasteiger charge is -2.34. The second-order valence-corrected chi connectivity index (χ2v) is 7.83. The lowest BCUT2D eigenvalue weighted by Crippen LogP contribution is -2.39. The number of nitrogens with one attached hydrogen (secondary N) is 1. The van der Waals surface area contributed by atoms with Gasteiger partial charge in [-0.3, -0.25) is 14.8 Å². The van der Waals surface area contributed by atoms with Gasteiger partial charge in [0.1, 0.15) is 0 Å². The Morgan fingerprint density at radius 1 is 0.788 bits per heavy atom. The van der Waals surface area contributed by atoms with Crippen LogP contribution in [0.1, 0.15) is 27.7 Å². The Morgan fingerprint density at radius 3 is 2.33 bits per heavy atom. The van der Waals surface area contributed by atoms with Gasteiger partial charge < -0.3 is 5.32 Å². The molecule has 0 aliphatic carbocycles. The van der Waals surface area contributed by atoms with Crippen LogP contribution in [-0.2, 0) is 0 Å². The number of carbonyl (C=O) groups is 1. The largest absolute Gasteiger partial charge is 0.359 e. The number of aromatic nitrogens is 2. The first-order chi connectivity index (χ1) is 16.3. The summed E-state index contributed by atoms with van der Waals surface area (Å²) in [6.07, 6.45) is 4.72. The van der Waals surface area contributed by atoms with Crippen molar-refractivity contribution in [2.24, 2.45) is 5.10 Å². The van der Waals surface area contributed by atoms with Gasteiger partial charge in [-0.05, 0) is 24.3 Å². The Morgan fingerprint density at radius 2 is 1.48 bits per heavy atom. The fourth-order valence-electron chi connectivity index (χ4n) is 4.28. The number of amides is 1. The van der Waals surface area contributed by atoms with E-state index in [4.69, 9.17) is 0 Å². The van der Waals surface area contributed by atoms with Crippen molar-refractivity contribution in [2.45, 2.75) is 6.17 Å². The predicted octanol–water partition coefficient (Wildman–Crippen LogP) is 5.38. The van der Waals surface area contributed by atoms with Crippen LogP contribution < -0.4 is 5.32 Å².